The molecule has 23 heavy (non-hydrogen) atoms. The zero-order valence-electron chi connectivity index (χ0n) is 12.9. The Hall–Kier alpha value is -0.770. The molecule has 1 N–H and O–H groups in total. The van der Waals surface area contributed by atoms with E-state index in [1.165, 1.54) is 0 Å². The van der Waals surface area contributed by atoms with Crippen molar-refractivity contribution in [3.05, 3.63) is 33.8 Å². The summed E-state index contributed by atoms with van der Waals surface area (Å²) in [7, 11) is 0. The van der Waals surface area contributed by atoms with Crippen LogP contribution in [0.2, 0.25) is 10.0 Å². The first-order chi connectivity index (χ1) is 10.9. The Kier molecular flexibility index (Phi) is 3.67. The number of esters is 1. The van der Waals surface area contributed by atoms with E-state index in [0.717, 1.165) is 32.1 Å². The minimum atomic E-state index is -0.662. The van der Waals surface area contributed by atoms with Crippen LogP contribution in [0.3, 0.4) is 0 Å². The molecule has 0 aromatic heterocycles. The van der Waals surface area contributed by atoms with Gasteiger partial charge in [-0.1, -0.05) is 29.3 Å². The standard InChI is InChI=1S/C18H20Cl2O3/c19-14-2-1-3-15(20)13(14)9-23-16(21)17-5-11-4-12(6-17)8-18(22,7-11)10-17/h1-3,11-12,22H,4-10H2/t11-,12-,17?,18?/m1/s1. The van der Waals surface area contributed by atoms with Gasteiger partial charge in [-0.2, -0.15) is 0 Å². The van der Waals surface area contributed by atoms with E-state index in [1.54, 1.807) is 18.2 Å². The molecule has 0 spiro atoms. The number of halogens is 2. The van der Waals surface area contributed by atoms with Crippen LogP contribution < -0.4 is 0 Å². The van der Waals surface area contributed by atoms with Crippen molar-refractivity contribution < 1.29 is 14.6 Å². The lowest BCUT2D eigenvalue weighted by molar-refractivity contribution is -0.197. The molecule has 4 aliphatic carbocycles. The van der Waals surface area contributed by atoms with E-state index in [9.17, 15) is 9.90 Å². The minimum absolute atomic E-state index is 0.0901. The van der Waals surface area contributed by atoms with Gasteiger partial charge < -0.3 is 9.84 Å². The summed E-state index contributed by atoms with van der Waals surface area (Å²) in [5, 5.41) is 11.8. The highest BCUT2D eigenvalue weighted by Gasteiger charge is 2.60. The number of hydrogen-bond donors (Lipinski definition) is 1. The van der Waals surface area contributed by atoms with Crippen molar-refractivity contribution in [1.29, 1.82) is 0 Å². The monoisotopic (exact) mass is 354 g/mol. The molecule has 0 amide bonds. The summed E-state index contributed by atoms with van der Waals surface area (Å²) in [5.74, 6) is 0.719. The van der Waals surface area contributed by atoms with Crippen LogP contribution in [0, 0.1) is 17.3 Å². The number of carbonyl (C=O) groups is 1. The summed E-state index contributed by atoms with van der Waals surface area (Å²) in [4.78, 5) is 12.8. The van der Waals surface area contributed by atoms with Crippen LogP contribution in [0.4, 0.5) is 0 Å². The summed E-state index contributed by atoms with van der Waals surface area (Å²) >= 11 is 12.3. The summed E-state index contributed by atoms with van der Waals surface area (Å²) in [6.07, 6.45) is 5.07. The van der Waals surface area contributed by atoms with Crippen LogP contribution in [-0.4, -0.2) is 16.7 Å². The average molecular weight is 355 g/mol. The fraction of sp³-hybridized carbons (Fsp3) is 0.611. The molecule has 1 aromatic carbocycles. The molecule has 4 fully saturated rings. The van der Waals surface area contributed by atoms with E-state index < -0.39 is 11.0 Å². The highest BCUT2D eigenvalue weighted by Crippen LogP contribution is 2.62. The predicted octanol–water partition coefficient (Wildman–Crippen LogP) is 4.37. The van der Waals surface area contributed by atoms with Crippen LogP contribution in [-0.2, 0) is 16.1 Å². The molecule has 1 aromatic rings. The first kappa shape index (κ1) is 15.7. The summed E-state index contributed by atoms with van der Waals surface area (Å²) < 4.78 is 5.60. The largest absolute Gasteiger partial charge is 0.460 e. The molecule has 3 nitrogen and oxygen atoms in total. The van der Waals surface area contributed by atoms with Gasteiger partial charge in [0.2, 0.25) is 0 Å². The predicted molar refractivity (Wildman–Crippen MR) is 88.3 cm³/mol. The Morgan fingerprint density at radius 2 is 1.78 bits per heavy atom. The van der Waals surface area contributed by atoms with Crippen LogP contribution in [0.15, 0.2) is 18.2 Å². The van der Waals surface area contributed by atoms with E-state index in [0.29, 0.717) is 33.9 Å². The molecule has 5 rings (SSSR count). The van der Waals surface area contributed by atoms with Crippen LogP contribution in [0.1, 0.15) is 44.1 Å². The smallest absolute Gasteiger partial charge is 0.312 e. The van der Waals surface area contributed by atoms with Crippen molar-refractivity contribution in [3.63, 3.8) is 0 Å². The SMILES string of the molecule is O=C(OCc1c(Cl)cccc1Cl)C12C[C@H]3C[C@@H](CC(O)(C3)C1)C2. The van der Waals surface area contributed by atoms with Gasteiger partial charge in [0, 0.05) is 15.6 Å². The number of ether oxygens (including phenoxy) is 1. The van der Waals surface area contributed by atoms with Gasteiger partial charge in [-0.25, -0.2) is 0 Å². The van der Waals surface area contributed by atoms with E-state index in [-0.39, 0.29) is 12.6 Å². The lowest BCUT2D eigenvalue weighted by atomic mass is 9.48. The molecule has 0 heterocycles. The highest BCUT2D eigenvalue weighted by atomic mass is 35.5. The van der Waals surface area contributed by atoms with Crippen molar-refractivity contribution in [3.8, 4) is 0 Å². The third kappa shape index (κ3) is 2.67. The van der Waals surface area contributed by atoms with Gasteiger partial charge >= 0.3 is 5.97 Å². The van der Waals surface area contributed by atoms with Gasteiger partial charge in [0.05, 0.1) is 11.0 Å². The fourth-order valence-corrected chi connectivity index (χ4v) is 5.92. The maximum Gasteiger partial charge on any atom is 0.312 e. The van der Waals surface area contributed by atoms with Crippen molar-refractivity contribution >= 4 is 29.2 Å². The number of aliphatic hydroxyl groups is 1. The van der Waals surface area contributed by atoms with Crippen molar-refractivity contribution in [2.45, 2.75) is 50.7 Å². The van der Waals surface area contributed by atoms with Gasteiger partial charge in [-0.3, -0.25) is 4.79 Å². The molecule has 4 aliphatic rings. The molecule has 0 aliphatic heterocycles. The van der Waals surface area contributed by atoms with E-state index in [1.807, 2.05) is 0 Å². The Labute approximate surface area is 145 Å². The van der Waals surface area contributed by atoms with Gasteiger partial charge in [0.1, 0.15) is 6.61 Å². The van der Waals surface area contributed by atoms with Gasteiger partial charge in [-0.15, -0.1) is 0 Å². The van der Waals surface area contributed by atoms with Crippen LogP contribution in [0.5, 0.6) is 0 Å². The summed E-state index contributed by atoms with van der Waals surface area (Å²) in [6, 6.07) is 5.25. The number of rotatable bonds is 3. The first-order valence-electron chi connectivity index (χ1n) is 8.22. The molecule has 2 atom stereocenters. The molecule has 0 radical (unpaired) electrons. The molecule has 124 valence electrons. The zero-order chi connectivity index (χ0) is 16.2. The molecule has 0 unspecified atom stereocenters. The maximum atomic E-state index is 12.8. The molecule has 4 bridgehead atoms. The lowest BCUT2D eigenvalue weighted by Gasteiger charge is -2.58. The number of benzene rings is 1. The van der Waals surface area contributed by atoms with E-state index in [4.69, 9.17) is 27.9 Å². The van der Waals surface area contributed by atoms with Crippen molar-refractivity contribution in [2.75, 3.05) is 0 Å². The Morgan fingerprint density at radius 1 is 1.17 bits per heavy atom. The van der Waals surface area contributed by atoms with Crippen LogP contribution >= 0.6 is 23.2 Å². The zero-order valence-corrected chi connectivity index (χ0v) is 14.4. The van der Waals surface area contributed by atoms with Crippen LogP contribution in [0.25, 0.3) is 0 Å². The van der Waals surface area contributed by atoms with E-state index in [2.05, 4.69) is 0 Å². The fourth-order valence-electron chi connectivity index (χ4n) is 5.41. The topological polar surface area (TPSA) is 46.5 Å². The Balaban J connectivity index is 1.51. The molecular weight excluding hydrogens is 335 g/mol. The molecular formula is C18H20Cl2O3. The normalized spacial score (nSPS) is 37.9. The quantitative estimate of drug-likeness (QED) is 0.819. The van der Waals surface area contributed by atoms with E-state index >= 15 is 0 Å². The van der Waals surface area contributed by atoms with Gasteiger partial charge in [0.15, 0.2) is 0 Å². The number of hydrogen-bond acceptors (Lipinski definition) is 3. The minimum Gasteiger partial charge on any atom is -0.460 e. The van der Waals surface area contributed by atoms with Gasteiger partial charge in [0.25, 0.3) is 0 Å². The molecule has 0 saturated heterocycles. The second-order valence-electron chi connectivity index (χ2n) is 7.74. The maximum absolute atomic E-state index is 12.8. The molecule has 5 heteroatoms. The van der Waals surface area contributed by atoms with Crippen molar-refractivity contribution in [2.24, 2.45) is 17.3 Å². The van der Waals surface area contributed by atoms with Crippen molar-refractivity contribution in [1.82, 2.24) is 0 Å². The number of carbonyl (C=O) groups excluding carboxylic acids is 1. The molecule has 4 saturated carbocycles. The Bertz CT molecular complexity index is 623. The lowest BCUT2D eigenvalue weighted by Crippen LogP contribution is -2.58. The third-order valence-electron chi connectivity index (χ3n) is 5.87. The second-order valence-corrected chi connectivity index (χ2v) is 8.56. The Morgan fingerprint density at radius 3 is 2.35 bits per heavy atom. The second kappa shape index (κ2) is 5.37. The van der Waals surface area contributed by atoms with Gasteiger partial charge in [-0.05, 0) is 62.5 Å². The first-order valence-corrected chi connectivity index (χ1v) is 8.97. The highest BCUT2D eigenvalue weighted by molar-refractivity contribution is 6.35. The average Bonchev–Trinajstić information content (AvgIpc) is 2.43. The summed E-state index contributed by atoms with van der Waals surface area (Å²) in [5.41, 5.74) is -0.523. The summed E-state index contributed by atoms with van der Waals surface area (Å²) in [6.45, 7) is 0.0901. The third-order valence-corrected chi connectivity index (χ3v) is 6.58.